The second-order valence-corrected chi connectivity index (χ2v) is 9.31. The van der Waals surface area contributed by atoms with Gasteiger partial charge < -0.3 is 34.4 Å². The van der Waals surface area contributed by atoms with E-state index in [1.807, 2.05) is 0 Å². The minimum Gasteiger partial charge on any atom is -0.497 e. The molecule has 4 rings (SSSR count). The molecule has 0 aliphatic heterocycles. The van der Waals surface area contributed by atoms with Gasteiger partial charge in [-0.2, -0.15) is 0 Å². The van der Waals surface area contributed by atoms with Crippen LogP contribution in [0.4, 0.5) is 23.2 Å². The lowest BCUT2D eigenvalue weighted by Gasteiger charge is -2.32. The third kappa shape index (κ3) is 6.32. The van der Waals surface area contributed by atoms with E-state index in [4.69, 9.17) is 19.3 Å². The standard InChI is InChI=1S/C29H28F4N2O6/c1-16-9-21(41-29(31,32)33)14-22-23(15-34-26(16)22)27(37)28(2,24-6-5-17(30)10-25(24)39-4)35-18-11-19(38-3)13-20(12-18)40-8-7-36/h5-6,9-15,34-36H,7-8H2,1-4H3/t28-/m1/s1. The minimum absolute atomic E-state index is 0.00557. The van der Waals surface area contributed by atoms with Gasteiger partial charge >= 0.3 is 6.36 Å². The molecular weight excluding hydrogens is 548 g/mol. The molecule has 4 aromatic rings. The highest BCUT2D eigenvalue weighted by atomic mass is 19.4. The number of ketones is 1. The van der Waals surface area contributed by atoms with Gasteiger partial charge in [-0.1, -0.05) is 0 Å². The number of nitrogens with one attached hydrogen (secondary N) is 2. The van der Waals surface area contributed by atoms with E-state index in [9.17, 15) is 22.4 Å². The number of alkyl halides is 3. The van der Waals surface area contributed by atoms with Crippen molar-refractivity contribution in [2.45, 2.75) is 25.7 Å². The summed E-state index contributed by atoms with van der Waals surface area (Å²) in [5.41, 5.74) is -0.135. The maximum absolute atomic E-state index is 14.4. The number of ether oxygens (including phenoxy) is 4. The van der Waals surface area contributed by atoms with Crippen molar-refractivity contribution in [3.63, 3.8) is 0 Å². The summed E-state index contributed by atoms with van der Waals surface area (Å²) < 4.78 is 73.7. The van der Waals surface area contributed by atoms with Crippen molar-refractivity contribution in [2.24, 2.45) is 0 Å². The van der Waals surface area contributed by atoms with E-state index in [1.54, 1.807) is 32.0 Å². The number of hydrogen-bond acceptors (Lipinski definition) is 7. The molecule has 0 spiro atoms. The molecule has 12 heteroatoms. The number of aliphatic hydroxyl groups is 1. The summed E-state index contributed by atoms with van der Waals surface area (Å²) in [6.07, 6.45) is -3.53. The number of hydrogen-bond donors (Lipinski definition) is 3. The Hall–Kier alpha value is -4.45. The van der Waals surface area contributed by atoms with Gasteiger partial charge in [0.25, 0.3) is 0 Å². The molecule has 0 saturated heterocycles. The number of benzene rings is 3. The number of carbonyl (C=O) groups excluding carboxylic acids is 1. The molecule has 0 bridgehead atoms. The monoisotopic (exact) mass is 576 g/mol. The Morgan fingerprint density at radius 2 is 1.73 bits per heavy atom. The molecule has 0 aliphatic carbocycles. The summed E-state index contributed by atoms with van der Waals surface area (Å²) in [5.74, 6) is -0.886. The van der Waals surface area contributed by atoms with Crippen molar-refractivity contribution in [1.82, 2.24) is 4.98 Å². The highest BCUT2D eigenvalue weighted by Gasteiger charge is 2.40. The first-order valence-electron chi connectivity index (χ1n) is 12.4. The molecule has 0 radical (unpaired) electrons. The Kier molecular flexibility index (Phi) is 8.34. The Morgan fingerprint density at radius 1 is 1.00 bits per heavy atom. The van der Waals surface area contributed by atoms with Gasteiger partial charge in [0.05, 0.1) is 20.8 Å². The number of aromatic amines is 1. The predicted molar refractivity (Wildman–Crippen MR) is 144 cm³/mol. The van der Waals surface area contributed by atoms with Crippen LogP contribution in [-0.2, 0) is 5.54 Å². The van der Waals surface area contributed by atoms with E-state index < -0.39 is 29.3 Å². The van der Waals surface area contributed by atoms with Crippen molar-refractivity contribution in [3.05, 3.63) is 77.2 Å². The maximum Gasteiger partial charge on any atom is 0.573 e. The molecular formula is C29H28F4N2O6. The second-order valence-electron chi connectivity index (χ2n) is 9.31. The van der Waals surface area contributed by atoms with E-state index in [0.29, 0.717) is 28.3 Å². The van der Waals surface area contributed by atoms with Crippen molar-refractivity contribution >= 4 is 22.4 Å². The first-order chi connectivity index (χ1) is 19.4. The molecule has 3 N–H and O–H groups in total. The fraction of sp³-hybridized carbons (Fsp3) is 0.276. The van der Waals surface area contributed by atoms with Crippen LogP contribution in [0.3, 0.4) is 0 Å². The molecule has 0 fully saturated rings. The second kappa shape index (κ2) is 11.6. The van der Waals surface area contributed by atoms with Gasteiger partial charge in [0.15, 0.2) is 5.78 Å². The predicted octanol–water partition coefficient (Wildman–Crippen LogP) is 6.11. The van der Waals surface area contributed by atoms with Crippen LogP contribution in [0.5, 0.6) is 23.0 Å². The highest BCUT2D eigenvalue weighted by Crippen LogP contribution is 2.40. The Labute approximate surface area is 232 Å². The van der Waals surface area contributed by atoms with Crippen LogP contribution in [-0.4, -0.2) is 49.7 Å². The number of aliphatic hydroxyl groups excluding tert-OH is 1. The number of methoxy groups -OCH3 is 2. The van der Waals surface area contributed by atoms with Gasteiger partial charge in [0.2, 0.25) is 0 Å². The number of aromatic nitrogens is 1. The fourth-order valence-electron chi connectivity index (χ4n) is 4.65. The molecule has 218 valence electrons. The van der Waals surface area contributed by atoms with E-state index >= 15 is 0 Å². The fourth-order valence-corrected chi connectivity index (χ4v) is 4.65. The zero-order valence-electron chi connectivity index (χ0n) is 22.6. The van der Waals surface area contributed by atoms with Crippen molar-refractivity contribution < 1.29 is 46.4 Å². The van der Waals surface area contributed by atoms with Gasteiger partial charge in [-0.05, 0) is 43.7 Å². The third-order valence-corrected chi connectivity index (χ3v) is 6.46. The van der Waals surface area contributed by atoms with Gasteiger partial charge in [-0.15, -0.1) is 13.2 Å². The van der Waals surface area contributed by atoms with E-state index in [-0.39, 0.29) is 35.5 Å². The number of fused-ring (bicyclic) bond motifs is 1. The van der Waals surface area contributed by atoms with Crippen molar-refractivity contribution in [1.29, 1.82) is 0 Å². The zero-order chi connectivity index (χ0) is 29.9. The Bertz CT molecular complexity index is 1570. The largest absolute Gasteiger partial charge is 0.573 e. The molecule has 0 saturated carbocycles. The first-order valence-corrected chi connectivity index (χ1v) is 12.4. The average Bonchev–Trinajstić information content (AvgIpc) is 3.34. The van der Waals surface area contributed by atoms with E-state index in [2.05, 4.69) is 15.0 Å². The van der Waals surface area contributed by atoms with Gasteiger partial charge in [0.1, 0.15) is 41.0 Å². The third-order valence-electron chi connectivity index (χ3n) is 6.46. The minimum atomic E-state index is -4.93. The average molecular weight is 577 g/mol. The molecule has 41 heavy (non-hydrogen) atoms. The summed E-state index contributed by atoms with van der Waals surface area (Å²) in [5, 5.41) is 12.5. The van der Waals surface area contributed by atoms with Gasteiger partial charge in [-0.3, -0.25) is 4.79 Å². The number of aryl methyl sites for hydroxylation is 1. The molecule has 8 nitrogen and oxygen atoms in total. The summed E-state index contributed by atoms with van der Waals surface area (Å²) in [6.45, 7) is 2.90. The van der Waals surface area contributed by atoms with Crippen LogP contribution in [0, 0.1) is 12.7 Å². The number of H-pyrrole nitrogens is 1. The van der Waals surface area contributed by atoms with Crippen LogP contribution in [0.2, 0.25) is 0 Å². The molecule has 0 amide bonds. The SMILES string of the molecule is COc1cc(N[C@@](C)(C(=O)c2c[nH]c3c(C)cc(OC(F)(F)F)cc23)c2ccc(F)cc2OC)cc(OCCO)c1. The van der Waals surface area contributed by atoms with E-state index in [0.717, 1.165) is 12.1 Å². The molecule has 0 aliphatic rings. The van der Waals surface area contributed by atoms with E-state index in [1.165, 1.54) is 38.6 Å². The van der Waals surface area contributed by atoms with Crippen molar-refractivity contribution in [3.8, 4) is 23.0 Å². The Balaban J connectivity index is 1.90. The number of halogens is 4. The lowest BCUT2D eigenvalue weighted by molar-refractivity contribution is -0.274. The number of rotatable bonds is 11. The zero-order valence-corrected chi connectivity index (χ0v) is 22.6. The maximum atomic E-state index is 14.4. The Morgan fingerprint density at radius 3 is 2.39 bits per heavy atom. The number of anilines is 1. The van der Waals surface area contributed by atoms with Crippen LogP contribution in [0.25, 0.3) is 10.9 Å². The van der Waals surface area contributed by atoms with Gasteiger partial charge in [-0.25, -0.2) is 4.39 Å². The van der Waals surface area contributed by atoms with Gasteiger partial charge in [0, 0.05) is 58.2 Å². The molecule has 1 atom stereocenters. The topological polar surface area (TPSA) is 102 Å². The van der Waals surface area contributed by atoms with Crippen LogP contribution in [0.1, 0.15) is 28.4 Å². The smallest absolute Gasteiger partial charge is 0.497 e. The van der Waals surface area contributed by atoms with Crippen LogP contribution in [0.15, 0.2) is 54.7 Å². The lowest BCUT2D eigenvalue weighted by atomic mass is 9.83. The molecule has 1 heterocycles. The molecule has 1 aromatic heterocycles. The first kappa shape index (κ1) is 29.5. The van der Waals surface area contributed by atoms with Crippen molar-refractivity contribution in [2.75, 3.05) is 32.8 Å². The van der Waals surface area contributed by atoms with Crippen LogP contribution < -0.4 is 24.3 Å². The molecule has 3 aromatic carbocycles. The lowest BCUT2D eigenvalue weighted by Crippen LogP contribution is -2.41. The summed E-state index contributed by atoms with van der Waals surface area (Å²) >= 11 is 0. The molecule has 0 unspecified atom stereocenters. The quantitative estimate of drug-likeness (QED) is 0.146. The summed E-state index contributed by atoms with van der Waals surface area (Å²) in [4.78, 5) is 17.4. The van der Waals surface area contributed by atoms with Crippen LogP contribution >= 0.6 is 0 Å². The number of Topliss-reactive ketones (excluding diaryl/α,β-unsaturated/α-hetero) is 1. The summed E-state index contributed by atoms with van der Waals surface area (Å²) in [7, 11) is 2.77. The number of carbonyl (C=O) groups is 1. The summed E-state index contributed by atoms with van der Waals surface area (Å²) in [6, 6.07) is 10.8. The normalized spacial score (nSPS) is 13.0. The highest BCUT2D eigenvalue weighted by molar-refractivity contribution is 6.14.